The number of carbonyl (C=O) groups is 2. The van der Waals surface area contributed by atoms with Crippen molar-refractivity contribution >= 4 is 39.9 Å². The first-order valence-corrected chi connectivity index (χ1v) is 10.2. The number of aromatic nitrogens is 3. The molecule has 0 fully saturated rings. The third-order valence-corrected chi connectivity index (χ3v) is 5.12. The highest BCUT2D eigenvalue weighted by Gasteiger charge is 2.20. The van der Waals surface area contributed by atoms with Crippen LogP contribution in [0.4, 0.5) is 5.82 Å². The molecule has 1 aromatic carbocycles. The molecular formula is C23H19ClN4O4. The quantitative estimate of drug-likeness (QED) is 0.410. The Morgan fingerprint density at radius 3 is 2.62 bits per heavy atom. The zero-order valence-corrected chi connectivity index (χ0v) is 17.9. The van der Waals surface area contributed by atoms with E-state index in [1.165, 1.54) is 11.9 Å². The molecule has 32 heavy (non-hydrogen) atoms. The first-order chi connectivity index (χ1) is 15.5. The molecule has 0 saturated heterocycles. The van der Waals surface area contributed by atoms with E-state index in [9.17, 15) is 9.59 Å². The number of halogens is 1. The highest BCUT2D eigenvalue weighted by molar-refractivity contribution is 6.47. The standard InChI is InChI=1S/C23H19ClN4O4/c1-31-21-9-15-17(12-22(21)32-8-2-3-14-4-6-25-7-5-14)26-13-27-23(15)28-18-11-19(29)16(24)10-20(18)30/h4-7,9-13H,2-3,8H2,1H3,(H,26,27,28). The van der Waals surface area contributed by atoms with Crippen LogP contribution in [0.3, 0.4) is 0 Å². The Balaban J connectivity index is 1.53. The third-order valence-electron chi connectivity index (χ3n) is 4.82. The van der Waals surface area contributed by atoms with E-state index in [-0.39, 0.29) is 10.7 Å². The van der Waals surface area contributed by atoms with E-state index < -0.39 is 11.6 Å². The van der Waals surface area contributed by atoms with Gasteiger partial charge in [0.2, 0.25) is 5.78 Å². The summed E-state index contributed by atoms with van der Waals surface area (Å²) in [7, 11) is 1.54. The summed E-state index contributed by atoms with van der Waals surface area (Å²) >= 11 is 5.73. The molecule has 162 valence electrons. The maximum absolute atomic E-state index is 12.2. The molecule has 0 spiro atoms. The van der Waals surface area contributed by atoms with Gasteiger partial charge in [0, 0.05) is 36.0 Å². The molecule has 4 rings (SSSR count). The number of hydrogen-bond acceptors (Lipinski definition) is 8. The number of nitrogens with zero attached hydrogens (tertiary/aromatic N) is 3. The Labute approximate surface area is 188 Å². The molecule has 3 aromatic rings. The number of ether oxygens (including phenoxy) is 2. The minimum absolute atomic E-state index is 0.0785. The summed E-state index contributed by atoms with van der Waals surface area (Å²) in [6, 6.07) is 7.44. The Bertz CT molecular complexity index is 1240. The van der Waals surface area contributed by atoms with Gasteiger partial charge in [-0.15, -0.1) is 0 Å². The number of pyridine rings is 1. The molecule has 1 N–H and O–H groups in total. The average Bonchev–Trinajstić information content (AvgIpc) is 2.80. The SMILES string of the molecule is COc1cc2c(NC3=CC(=O)C(Cl)=CC3=O)ncnc2cc1OCCCc1ccncc1. The van der Waals surface area contributed by atoms with E-state index in [0.29, 0.717) is 34.8 Å². The van der Waals surface area contributed by atoms with Crippen molar-refractivity contribution in [3.63, 3.8) is 0 Å². The van der Waals surface area contributed by atoms with Gasteiger partial charge in [0.25, 0.3) is 0 Å². The summed E-state index contributed by atoms with van der Waals surface area (Å²) in [6.45, 7) is 0.497. The van der Waals surface area contributed by atoms with Crippen molar-refractivity contribution in [2.45, 2.75) is 12.8 Å². The molecule has 0 aliphatic heterocycles. The van der Waals surface area contributed by atoms with E-state index in [1.54, 1.807) is 31.6 Å². The predicted molar refractivity (Wildman–Crippen MR) is 120 cm³/mol. The predicted octanol–water partition coefficient (Wildman–Crippen LogP) is 3.62. The smallest absolute Gasteiger partial charge is 0.203 e. The number of rotatable bonds is 8. The molecule has 0 bridgehead atoms. The van der Waals surface area contributed by atoms with E-state index in [1.807, 2.05) is 12.1 Å². The zero-order chi connectivity index (χ0) is 22.5. The molecule has 1 aliphatic rings. The molecular weight excluding hydrogens is 432 g/mol. The first kappa shape index (κ1) is 21.5. The molecule has 2 heterocycles. The number of benzene rings is 1. The van der Waals surface area contributed by atoms with Crippen molar-refractivity contribution < 1.29 is 19.1 Å². The molecule has 1 aliphatic carbocycles. The van der Waals surface area contributed by atoms with Crippen molar-refractivity contribution in [1.29, 1.82) is 0 Å². The summed E-state index contributed by atoms with van der Waals surface area (Å²) < 4.78 is 11.4. The van der Waals surface area contributed by atoms with Gasteiger partial charge in [0.05, 0.1) is 30.0 Å². The van der Waals surface area contributed by atoms with E-state index in [0.717, 1.165) is 25.0 Å². The fourth-order valence-corrected chi connectivity index (χ4v) is 3.36. The summed E-state index contributed by atoms with van der Waals surface area (Å²) in [5, 5.41) is 3.38. The number of carbonyl (C=O) groups excluding carboxylic acids is 2. The lowest BCUT2D eigenvalue weighted by atomic mass is 10.1. The monoisotopic (exact) mass is 450 g/mol. The number of hydrogen-bond donors (Lipinski definition) is 1. The fraction of sp³-hybridized carbons (Fsp3) is 0.174. The number of methoxy groups -OCH3 is 1. The third kappa shape index (κ3) is 4.76. The minimum Gasteiger partial charge on any atom is -0.493 e. The van der Waals surface area contributed by atoms with Crippen LogP contribution in [0.1, 0.15) is 12.0 Å². The van der Waals surface area contributed by atoms with Gasteiger partial charge in [-0.3, -0.25) is 14.6 Å². The Hall–Kier alpha value is -3.78. The Morgan fingerprint density at radius 2 is 1.84 bits per heavy atom. The highest BCUT2D eigenvalue weighted by Crippen LogP contribution is 2.34. The van der Waals surface area contributed by atoms with Crippen LogP contribution in [0.15, 0.2) is 65.9 Å². The van der Waals surface area contributed by atoms with Crippen LogP contribution in [0.5, 0.6) is 11.5 Å². The Kier molecular flexibility index (Phi) is 6.42. The number of anilines is 1. The maximum Gasteiger partial charge on any atom is 0.203 e. The lowest BCUT2D eigenvalue weighted by molar-refractivity contribution is -0.114. The maximum atomic E-state index is 12.2. The topological polar surface area (TPSA) is 103 Å². The van der Waals surface area contributed by atoms with Crippen molar-refractivity contribution in [1.82, 2.24) is 15.0 Å². The molecule has 8 nitrogen and oxygen atoms in total. The van der Waals surface area contributed by atoms with E-state index >= 15 is 0 Å². The van der Waals surface area contributed by atoms with Gasteiger partial charge in [0.1, 0.15) is 12.1 Å². The molecule has 0 atom stereocenters. The second kappa shape index (κ2) is 9.57. The van der Waals surface area contributed by atoms with Gasteiger partial charge in [-0.2, -0.15) is 0 Å². The number of aryl methyl sites for hydroxylation is 1. The van der Waals surface area contributed by atoms with Crippen molar-refractivity contribution in [2.75, 3.05) is 19.0 Å². The summed E-state index contributed by atoms with van der Waals surface area (Å²) in [6.07, 6.45) is 8.82. The van der Waals surface area contributed by atoms with Gasteiger partial charge in [-0.05, 0) is 36.6 Å². The molecule has 0 unspecified atom stereocenters. The second-order valence-electron chi connectivity index (χ2n) is 6.95. The van der Waals surface area contributed by atoms with Crippen LogP contribution in [-0.4, -0.2) is 40.2 Å². The van der Waals surface area contributed by atoms with Crippen LogP contribution in [0.25, 0.3) is 10.9 Å². The summed E-state index contributed by atoms with van der Waals surface area (Å²) in [4.78, 5) is 36.5. The first-order valence-electron chi connectivity index (χ1n) is 9.84. The van der Waals surface area contributed by atoms with Crippen LogP contribution < -0.4 is 14.8 Å². The van der Waals surface area contributed by atoms with Crippen LogP contribution >= 0.6 is 11.6 Å². The van der Waals surface area contributed by atoms with Crippen molar-refractivity contribution in [3.05, 3.63) is 71.4 Å². The molecule has 0 radical (unpaired) electrons. The zero-order valence-electron chi connectivity index (χ0n) is 17.2. The Morgan fingerprint density at radius 1 is 1.03 bits per heavy atom. The van der Waals surface area contributed by atoms with Gasteiger partial charge in [-0.1, -0.05) is 11.6 Å². The van der Waals surface area contributed by atoms with Crippen molar-refractivity contribution in [2.24, 2.45) is 0 Å². The molecule has 0 amide bonds. The van der Waals surface area contributed by atoms with Crippen LogP contribution in [0, 0.1) is 0 Å². The fourth-order valence-electron chi connectivity index (χ4n) is 3.20. The van der Waals surface area contributed by atoms with Crippen LogP contribution in [-0.2, 0) is 16.0 Å². The molecule has 0 saturated carbocycles. The highest BCUT2D eigenvalue weighted by atomic mass is 35.5. The number of fused-ring (bicyclic) bond motifs is 1. The summed E-state index contributed by atoms with van der Waals surface area (Å²) in [5.41, 5.74) is 1.87. The molecule has 2 aromatic heterocycles. The lowest BCUT2D eigenvalue weighted by Gasteiger charge is -2.15. The van der Waals surface area contributed by atoms with E-state index in [4.69, 9.17) is 21.1 Å². The van der Waals surface area contributed by atoms with E-state index in [2.05, 4.69) is 20.3 Å². The lowest BCUT2D eigenvalue weighted by Crippen LogP contribution is -2.17. The average molecular weight is 451 g/mol. The number of allylic oxidation sites excluding steroid dienone is 3. The van der Waals surface area contributed by atoms with Gasteiger partial charge in [0.15, 0.2) is 17.3 Å². The largest absolute Gasteiger partial charge is 0.493 e. The number of ketones is 2. The normalized spacial score (nSPS) is 13.6. The van der Waals surface area contributed by atoms with Gasteiger partial charge in [-0.25, -0.2) is 9.97 Å². The van der Waals surface area contributed by atoms with Crippen LogP contribution in [0.2, 0.25) is 0 Å². The second-order valence-corrected chi connectivity index (χ2v) is 7.36. The van der Waals surface area contributed by atoms with Crippen molar-refractivity contribution in [3.8, 4) is 11.5 Å². The number of nitrogens with one attached hydrogen (secondary N) is 1. The molecule has 9 heteroatoms. The summed E-state index contributed by atoms with van der Waals surface area (Å²) in [5.74, 6) is 0.547. The van der Waals surface area contributed by atoms with Gasteiger partial charge >= 0.3 is 0 Å². The minimum atomic E-state index is -0.452. The van der Waals surface area contributed by atoms with Gasteiger partial charge < -0.3 is 14.8 Å².